The molecular formula is C13H19N3S. The number of hydrogen-bond acceptors (Lipinski definition) is 3. The molecule has 0 amide bonds. The second kappa shape index (κ2) is 5.87. The molecule has 92 valence electrons. The lowest BCUT2D eigenvalue weighted by Gasteiger charge is -2.06. The van der Waals surface area contributed by atoms with E-state index in [1.807, 2.05) is 11.6 Å². The van der Waals surface area contributed by atoms with Crippen LogP contribution in [0.25, 0.3) is 0 Å². The number of rotatable bonds is 3. The first-order valence-electron chi connectivity index (χ1n) is 5.28. The van der Waals surface area contributed by atoms with Gasteiger partial charge in [0.25, 0.3) is 0 Å². The molecule has 3 nitrogen and oxygen atoms in total. The molecule has 17 heavy (non-hydrogen) atoms. The maximum absolute atomic E-state index is 4.04. The highest BCUT2D eigenvalue weighted by molar-refractivity contribution is 7.99. The Hall–Kier alpha value is -1.29. The van der Waals surface area contributed by atoms with Crippen molar-refractivity contribution >= 4 is 11.8 Å². The molecule has 2 aromatic rings. The van der Waals surface area contributed by atoms with E-state index in [0.717, 1.165) is 5.16 Å². The fraction of sp³-hybridized carbons (Fsp3) is 0.385. The summed E-state index contributed by atoms with van der Waals surface area (Å²) in [7, 11) is 1.95. The van der Waals surface area contributed by atoms with Crippen molar-refractivity contribution in [1.82, 2.24) is 14.8 Å². The summed E-state index contributed by atoms with van der Waals surface area (Å²) in [6.45, 7) is 4.40. The van der Waals surface area contributed by atoms with Crippen LogP contribution in [0.4, 0.5) is 0 Å². The summed E-state index contributed by atoms with van der Waals surface area (Å²) in [5.41, 5.74) is 1.36. The number of benzene rings is 1. The zero-order chi connectivity index (χ0) is 11.5. The Labute approximate surface area is 107 Å². The molecule has 0 saturated heterocycles. The van der Waals surface area contributed by atoms with Crippen LogP contribution in [0.3, 0.4) is 0 Å². The van der Waals surface area contributed by atoms with Crippen LogP contribution in [0, 0.1) is 0 Å². The molecule has 0 aliphatic heterocycles. The fourth-order valence-corrected chi connectivity index (χ4v) is 2.15. The summed E-state index contributed by atoms with van der Waals surface area (Å²) in [6.07, 6.45) is 1.71. The van der Waals surface area contributed by atoms with Crippen LogP contribution < -0.4 is 0 Å². The van der Waals surface area contributed by atoms with E-state index in [2.05, 4.69) is 48.3 Å². The lowest BCUT2D eigenvalue weighted by atomic mass is 10.0. The molecule has 1 aromatic heterocycles. The number of aryl methyl sites for hydroxylation is 1. The molecule has 1 aromatic carbocycles. The van der Waals surface area contributed by atoms with Crippen LogP contribution in [-0.2, 0) is 7.05 Å². The van der Waals surface area contributed by atoms with Crippen molar-refractivity contribution < 1.29 is 0 Å². The second-order valence-electron chi connectivity index (χ2n) is 4.05. The maximum Gasteiger partial charge on any atom is 0.195 e. The zero-order valence-electron chi connectivity index (χ0n) is 9.71. The number of aromatic nitrogens is 3. The summed E-state index contributed by atoms with van der Waals surface area (Å²) < 4.78 is 1.92. The normalized spacial score (nSPS) is 10.4. The molecule has 0 N–H and O–H groups in total. The Morgan fingerprint density at radius 3 is 2.29 bits per heavy atom. The van der Waals surface area contributed by atoms with Gasteiger partial charge in [-0.3, -0.25) is 0 Å². The van der Waals surface area contributed by atoms with E-state index in [9.17, 15) is 0 Å². The van der Waals surface area contributed by atoms with Crippen LogP contribution in [0.1, 0.15) is 32.8 Å². The van der Waals surface area contributed by atoms with E-state index in [1.54, 1.807) is 18.1 Å². The molecule has 0 atom stereocenters. The summed E-state index contributed by atoms with van der Waals surface area (Å²) in [6, 6.07) is 8.61. The van der Waals surface area contributed by atoms with Gasteiger partial charge >= 0.3 is 0 Å². The van der Waals surface area contributed by atoms with Crippen LogP contribution in [0.2, 0.25) is 0 Å². The quantitative estimate of drug-likeness (QED) is 0.830. The van der Waals surface area contributed by atoms with Gasteiger partial charge in [-0.15, -0.1) is 10.2 Å². The van der Waals surface area contributed by atoms with Gasteiger partial charge in [0.15, 0.2) is 5.16 Å². The third-order valence-electron chi connectivity index (χ3n) is 2.43. The summed E-state index contributed by atoms with van der Waals surface area (Å²) in [4.78, 5) is 1.19. The lowest BCUT2D eigenvalue weighted by Crippen LogP contribution is -1.89. The van der Waals surface area contributed by atoms with Gasteiger partial charge in [0.1, 0.15) is 6.33 Å². The van der Waals surface area contributed by atoms with Crippen molar-refractivity contribution in [2.24, 2.45) is 7.05 Å². The van der Waals surface area contributed by atoms with Crippen LogP contribution in [0.15, 0.2) is 40.6 Å². The number of nitrogens with zero attached hydrogens (tertiary/aromatic N) is 3. The molecule has 0 bridgehead atoms. The molecule has 4 heteroatoms. The first kappa shape index (κ1) is 13.8. The number of hydrogen-bond donors (Lipinski definition) is 0. The van der Waals surface area contributed by atoms with E-state index >= 15 is 0 Å². The van der Waals surface area contributed by atoms with E-state index in [4.69, 9.17) is 0 Å². The van der Waals surface area contributed by atoms with Gasteiger partial charge < -0.3 is 4.57 Å². The minimum atomic E-state index is 0. The first-order valence-corrected chi connectivity index (χ1v) is 6.10. The smallest absolute Gasteiger partial charge is 0.195 e. The van der Waals surface area contributed by atoms with Crippen molar-refractivity contribution in [3.05, 3.63) is 36.2 Å². The Kier molecular flexibility index (Phi) is 4.75. The van der Waals surface area contributed by atoms with Crippen molar-refractivity contribution in [2.45, 2.75) is 37.2 Å². The summed E-state index contributed by atoms with van der Waals surface area (Å²) in [5.74, 6) is 0.578. The molecule has 0 unspecified atom stereocenters. The standard InChI is InChI=1S/C12H15N3S.CH4/c1-9(2)10-4-6-11(7-5-10)16-12-14-13-8-15(12)3;/h4-9H,1-3H3;1H4. The van der Waals surface area contributed by atoms with Crippen LogP contribution >= 0.6 is 11.8 Å². The molecule has 0 radical (unpaired) electrons. The van der Waals surface area contributed by atoms with E-state index in [-0.39, 0.29) is 7.43 Å². The highest BCUT2D eigenvalue weighted by atomic mass is 32.2. The second-order valence-corrected chi connectivity index (χ2v) is 5.09. The predicted molar refractivity (Wildman–Crippen MR) is 72.4 cm³/mol. The minimum absolute atomic E-state index is 0. The maximum atomic E-state index is 4.04. The van der Waals surface area contributed by atoms with Gasteiger partial charge in [-0.05, 0) is 35.4 Å². The molecule has 2 rings (SSSR count). The van der Waals surface area contributed by atoms with E-state index in [1.165, 1.54) is 10.5 Å². The summed E-state index contributed by atoms with van der Waals surface area (Å²) >= 11 is 1.63. The molecule has 0 aliphatic carbocycles. The van der Waals surface area contributed by atoms with E-state index in [0.29, 0.717) is 5.92 Å². The third-order valence-corrected chi connectivity index (χ3v) is 3.49. The highest BCUT2D eigenvalue weighted by Crippen LogP contribution is 2.26. The Morgan fingerprint density at radius 2 is 1.82 bits per heavy atom. The van der Waals surface area contributed by atoms with Crippen molar-refractivity contribution in [3.63, 3.8) is 0 Å². The molecule has 0 spiro atoms. The molecule has 0 fully saturated rings. The van der Waals surface area contributed by atoms with Crippen LogP contribution in [-0.4, -0.2) is 14.8 Å². The van der Waals surface area contributed by atoms with Crippen molar-refractivity contribution in [3.8, 4) is 0 Å². The first-order chi connectivity index (χ1) is 7.66. The van der Waals surface area contributed by atoms with E-state index < -0.39 is 0 Å². The third kappa shape index (κ3) is 3.33. The summed E-state index contributed by atoms with van der Waals surface area (Å²) in [5, 5.41) is 8.81. The van der Waals surface area contributed by atoms with Gasteiger partial charge in [0, 0.05) is 11.9 Å². The molecular weight excluding hydrogens is 230 g/mol. The molecule has 0 aliphatic rings. The van der Waals surface area contributed by atoms with Gasteiger partial charge in [-0.25, -0.2) is 0 Å². The zero-order valence-corrected chi connectivity index (χ0v) is 10.5. The highest BCUT2D eigenvalue weighted by Gasteiger charge is 2.04. The minimum Gasteiger partial charge on any atom is -0.311 e. The van der Waals surface area contributed by atoms with Gasteiger partial charge in [0.05, 0.1) is 0 Å². The average Bonchev–Trinajstić information content (AvgIpc) is 2.65. The largest absolute Gasteiger partial charge is 0.311 e. The van der Waals surface area contributed by atoms with Crippen molar-refractivity contribution in [1.29, 1.82) is 0 Å². The monoisotopic (exact) mass is 249 g/mol. The SMILES string of the molecule is C.CC(C)c1ccc(Sc2nncn2C)cc1. The predicted octanol–water partition coefficient (Wildman–Crippen LogP) is 3.73. The Balaban J connectivity index is 0.00000144. The van der Waals surface area contributed by atoms with Crippen LogP contribution in [0.5, 0.6) is 0 Å². The van der Waals surface area contributed by atoms with Gasteiger partial charge in [-0.2, -0.15) is 0 Å². The Morgan fingerprint density at radius 1 is 1.18 bits per heavy atom. The Bertz CT molecular complexity index is 460. The van der Waals surface area contributed by atoms with Crippen molar-refractivity contribution in [2.75, 3.05) is 0 Å². The lowest BCUT2D eigenvalue weighted by molar-refractivity contribution is 0.788. The van der Waals surface area contributed by atoms with Gasteiger partial charge in [-0.1, -0.05) is 33.4 Å². The average molecular weight is 249 g/mol. The topological polar surface area (TPSA) is 30.7 Å². The molecule has 1 heterocycles. The van der Waals surface area contributed by atoms with Gasteiger partial charge in [0.2, 0.25) is 0 Å². The molecule has 0 saturated carbocycles. The fourth-order valence-electron chi connectivity index (χ4n) is 1.39.